The number of ether oxygens (including phenoxy) is 1. The van der Waals surface area contributed by atoms with Crippen molar-refractivity contribution in [2.75, 3.05) is 0 Å². The summed E-state index contributed by atoms with van der Waals surface area (Å²) >= 11 is 0. The van der Waals surface area contributed by atoms with Crippen LogP contribution in [0.2, 0.25) is 0 Å². The van der Waals surface area contributed by atoms with Gasteiger partial charge in [-0.05, 0) is 5.41 Å². The average molecular weight is 236 g/mol. The summed E-state index contributed by atoms with van der Waals surface area (Å²) in [6.45, 7) is 3.82. The Kier molecular flexibility index (Phi) is 2.36. The SMILES string of the molecule is CC(C)(C)C1OC1(C(F)(F)F)C(F)(F)F. The lowest BCUT2D eigenvalue weighted by atomic mass is 9.84. The summed E-state index contributed by atoms with van der Waals surface area (Å²) in [5.74, 6) is 0. The van der Waals surface area contributed by atoms with Gasteiger partial charge in [-0.25, -0.2) is 0 Å². The minimum atomic E-state index is -5.43. The van der Waals surface area contributed by atoms with E-state index >= 15 is 0 Å². The molecule has 0 bridgehead atoms. The van der Waals surface area contributed by atoms with Gasteiger partial charge in [-0.3, -0.25) is 0 Å². The lowest BCUT2D eigenvalue weighted by Crippen LogP contribution is -2.50. The second kappa shape index (κ2) is 2.81. The van der Waals surface area contributed by atoms with Crippen molar-refractivity contribution in [1.29, 1.82) is 0 Å². The Balaban J connectivity index is 3.08. The molecule has 1 atom stereocenters. The van der Waals surface area contributed by atoms with Crippen LogP contribution in [-0.4, -0.2) is 24.1 Å². The summed E-state index contributed by atoms with van der Waals surface area (Å²) in [6.07, 6.45) is -12.7. The fraction of sp³-hybridized carbons (Fsp3) is 1.00. The molecule has 1 aliphatic heterocycles. The van der Waals surface area contributed by atoms with Gasteiger partial charge < -0.3 is 4.74 Å². The first kappa shape index (κ1) is 12.6. The Hall–Kier alpha value is -0.460. The number of rotatable bonds is 0. The standard InChI is InChI=1S/C8H10F6O/c1-5(2,3)4-6(15-4,7(9,10)11)8(12,13)14/h4H,1-3H3. The van der Waals surface area contributed by atoms with Crippen LogP contribution in [0, 0.1) is 5.41 Å². The minimum Gasteiger partial charge on any atom is -0.348 e. The van der Waals surface area contributed by atoms with Gasteiger partial charge in [-0.15, -0.1) is 0 Å². The Labute approximate surface area is 82.4 Å². The molecule has 0 aliphatic carbocycles. The van der Waals surface area contributed by atoms with Crippen LogP contribution in [0.1, 0.15) is 20.8 Å². The first-order valence-corrected chi connectivity index (χ1v) is 4.15. The highest BCUT2D eigenvalue weighted by Crippen LogP contribution is 2.63. The molecule has 0 aromatic rings. The number of alkyl halides is 6. The fourth-order valence-corrected chi connectivity index (χ4v) is 1.53. The Bertz CT molecular complexity index is 244. The van der Waals surface area contributed by atoms with Crippen LogP contribution in [0.25, 0.3) is 0 Å². The first-order chi connectivity index (χ1) is 6.34. The molecule has 1 fully saturated rings. The van der Waals surface area contributed by atoms with Crippen molar-refractivity contribution in [2.45, 2.75) is 44.8 Å². The van der Waals surface area contributed by atoms with Crippen LogP contribution in [0.5, 0.6) is 0 Å². The van der Waals surface area contributed by atoms with E-state index in [1.165, 1.54) is 20.8 Å². The molecule has 1 saturated heterocycles. The topological polar surface area (TPSA) is 12.5 Å². The van der Waals surface area contributed by atoms with E-state index in [0.717, 1.165) is 0 Å². The smallest absolute Gasteiger partial charge is 0.348 e. The zero-order valence-corrected chi connectivity index (χ0v) is 8.25. The number of hydrogen-bond acceptors (Lipinski definition) is 1. The number of halogens is 6. The lowest BCUT2D eigenvalue weighted by Gasteiger charge is -2.23. The van der Waals surface area contributed by atoms with E-state index in [1.807, 2.05) is 0 Å². The van der Waals surface area contributed by atoms with Crippen LogP contribution in [-0.2, 0) is 4.74 Å². The minimum absolute atomic E-state index is 1.20. The van der Waals surface area contributed by atoms with E-state index in [4.69, 9.17) is 0 Å². The highest BCUT2D eigenvalue weighted by Gasteiger charge is 2.88. The van der Waals surface area contributed by atoms with Gasteiger partial charge in [0.05, 0.1) is 0 Å². The zero-order valence-electron chi connectivity index (χ0n) is 8.25. The molecule has 0 N–H and O–H groups in total. The molecular weight excluding hydrogens is 226 g/mol. The molecule has 1 nitrogen and oxygen atoms in total. The molecule has 0 aromatic carbocycles. The van der Waals surface area contributed by atoms with Crippen molar-refractivity contribution in [2.24, 2.45) is 5.41 Å². The summed E-state index contributed by atoms with van der Waals surface area (Å²) in [6, 6.07) is 0. The van der Waals surface area contributed by atoms with Crippen molar-refractivity contribution in [3.63, 3.8) is 0 Å². The van der Waals surface area contributed by atoms with Crippen LogP contribution < -0.4 is 0 Å². The van der Waals surface area contributed by atoms with E-state index < -0.39 is 29.5 Å². The van der Waals surface area contributed by atoms with Crippen molar-refractivity contribution in [3.05, 3.63) is 0 Å². The van der Waals surface area contributed by atoms with Crippen LogP contribution in [0.4, 0.5) is 26.3 Å². The van der Waals surface area contributed by atoms with Crippen molar-refractivity contribution in [3.8, 4) is 0 Å². The van der Waals surface area contributed by atoms with Gasteiger partial charge in [0, 0.05) is 0 Å². The van der Waals surface area contributed by atoms with Gasteiger partial charge >= 0.3 is 12.4 Å². The van der Waals surface area contributed by atoms with Gasteiger partial charge in [-0.1, -0.05) is 20.8 Å². The van der Waals surface area contributed by atoms with E-state index in [1.54, 1.807) is 0 Å². The van der Waals surface area contributed by atoms with Crippen molar-refractivity contribution < 1.29 is 31.1 Å². The Morgan fingerprint density at radius 1 is 0.867 bits per heavy atom. The fourth-order valence-electron chi connectivity index (χ4n) is 1.53. The molecule has 0 amide bonds. The highest BCUT2D eigenvalue weighted by molar-refractivity contribution is 5.16. The Morgan fingerprint density at radius 2 is 1.20 bits per heavy atom. The molecule has 0 aromatic heterocycles. The maximum absolute atomic E-state index is 12.3. The van der Waals surface area contributed by atoms with Gasteiger partial charge in [0.2, 0.25) is 0 Å². The molecule has 1 rings (SSSR count). The molecular formula is C8H10F6O. The molecule has 0 saturated carbocycles. The van der Waals surface area contributed by atoms with Crippen molar-refractivity contribution in [1.82, 2.24) is 0 Å². The van der Waals surface area contributed by atoms with Gasteiger partial charge in [0.25, 0.3) is 5.60 Å². The second-order valence-electron chi connectivity index (χ2n) is 4.60. The van der Waals surface area contributed by atoms with Crippen molar-refractivity contribution >= 4 is 0 Å². The zero-order chi connectivity index (χ0) is 12.3. The molecule has 0 radical (unpaired) electrons. The molecule has 1 unspecified atom stereocenters. The van der Waals surface area contributed by atoms with Crippen LogP contribution >= 0.6 is 0 Å². The summed E-state index contributed by atoms with van der Waals surface area (Å²) in [4.78, 5) is 0. The maximum atomic E-state index is 12.3. The molecule has 90 valence electrons. The maximum Gasteiger partial charge on any atom is 0.429 e. The normalized spacial score (nSPS) is 26.6. The Morgan fingerprint density at radius 3 is 1.27 bits per heavy atom. The monoisotopic (exact) mass is 236 g/mol. The van der Waals surface area contributed by atoms with E-state index in [-0.39, 0.29) is 0 Å². The number of epoxide rings is 1. The van der Waals surface area contributed by atoms with E-state index in [2.05, 4.69) is 4.74 Å². The van der Waals surface area contributed by atoms with Crippen LogP contribution in [0.3, 0.4) is 0 Å². The summed E-state index contributed by atoms with van der Waals surface area (Å²) in [5.41, 5.74) is -5.18. The van der Waals surface area contributed by atoms with E-state index in [0.29, 0.717) is 0 Å². The molecule has 1 heterocycles. The average Bonchev–Trinajstić information content (AvgIpc) is 2.51. The third-order valence-electron chi connectivity index (χ3n) is 2.24. The summed E-state index contributed by atoms with van der Waals surface area (Å²) in [5, 5.41) is 0. The summed E-state index contributed by atoms with van der Waals surface area (Å²) in [7, 11) is 0. The summed E-state index contributed by atoms with van der Waals surface area (Å²) < 4.78 is 77.9. The van der Waals surface area contributed by atoms with Gasteiger partial charge in [0.15, 0.2) is 0 Å². The number of hydrogen-bond donors (Lipinski definition) is 0. The molecule has 7 heteroatoms. The van der Waals surface area contributed by atoms with Gasteiger partial charge in [0.1, 0.15) is 6.10 Å². The third-order valence-corrected chi connectivity index (χ3v) is 2.24. The largest absolute Gasteiger partial charge is 0.429 e. The van der Waals surface area contributed by atoms with Gasteiger partial charge in [-0.2, -0.15) is 26.3 Å². The molecule has 1 aliphatic rings. The molecule has 15 heavy (non-hydrogen) atoms. The second-order valence-corrected chi connectivity index (χ2v) is 4.60. The highest BCUT2D eigenvalue weighted by atomic mass is 19.4. The van der Waals surface area contributed by atoms with E-state index in [9.17, 15) is 26.3 Å². The quantitative estimate of drug-likeness (QED) is 0.464. The predicted molar refractivity (Wildman–Crippen MR) is 39.2 cm³/mol. The predicted octanol–water partition coefficient (Wildman–Crippen LogP) is 3.29. The first-order valence-electron chi connectivity index (χ1n) is 4.15. The third kappa shape index (κ3) is 1.70. The van der Waals surface area contributed by atoms with Crippen LogP contribution in [0.15, 0.2) is 0 Å². The molecule has 0 spiro atoms. The lowest BCUT2D eigenvalue weighted by molar-refractivity contribution is -0.292.